The number of nitrogens with one attached hydrogen (secondary N) is 1. The molecule has 0 bridgehead atoms. The molecule has 0 saturated heterocycles. The summed E-state index contributed by atoms with van der Waals surface area (Å²) in [6.45, 7) is 1.89. The second-order valence-corrected chi connectivity index (χ2v) is 4.92. The number of thiazole rings is 1. The zero-order valence-electron chi connectivity index (χ0n) is 10.7. The van der Waals surface area contributed by atoms with Crippen molar-refractivity contribution >= 4 is 28.1 Å². The molecular weight excluding hydrogens is 262 g/mol. The average Bonchev–Trinajstić information content (AvgIpc) is 2.87. The SMILES string of the molecule is COC(=O)c1cccc(Nc2nc(C(C)N)cs2)c1. The van der Waals surface area contributed by atoms with E-state index in [0.717, 1.165) is 16.5 Å². The van der Waals surface area contributed by atoms with Crippen LogP contribution in [0.5, 0.6) is 0 Å². The number of esters is 1. The first-order valence-electron chi connectivity index (χ1n) is 5.76. The molecule has 6 heteroatoms. The molecule has 0 spiro atoms. The maximum atomic E-state index is 11.4. The van der Waals surface area contributed by atoms with Crippen molar-refractivity contribution in [1.29, 1.82) is 0 Å². The van der Waals surface area contributed by atoms with Gasteiger partial charge in [0.05, 0.1) is 18.4 Å². The van der Waals surface area contributed by atoms with Crippen molar-refractivity contribution in [2.24, 2.45) is 5.73 Å². The van der Waals surface area contributed by atoms with E-state index in [0.29, 0.717) is 5.56 Å². The Morgan fingerprint density at radius 3 is 2.95 bits per heavy atom. The quantitative estimate of drug-likeness (QED) is 0.840. The molecule has 0 fully saturated rings. The number of anilines is 2. The highest BCUT2D eigenvalue weighted by Gasteiger charge is 2.08. The van der Waals surface area contributed by atoms with Crippen molar-refractivity contribution in [2.75, 3.05) is 12.4 Å². The third-order valence-corrected chi connectivity index (χ3v) is 3.30. The molecule has 0 saturated carbocycles. The Morgan fingerprint density at radius 1 is 1.53 bits per heavy atom. The van der Waals surface area contributed by atoms with Crippen LogP contribution in [0, 0.1) is 0 Å². The topological polar surface area (TPSA) is 77.2 Å². The van der Waals surface area contributed by atoms with E-state index < -0.39 is 0 Å². The van der Waals surface area contributed by atoms with E-state index in [1.54, 1.807) is 18.2 Å². The van der Waals surface area contributed by atoms with Gasteiger partial charge in [-0.1, -0.05) is 6.07 Å². The number of rotatable bonds is 4. The predicted octanol–water partition coefficient (Wildman–Crippen LogP) is 2.69. The molecule has 0 aliphatic carbocycles. The molecule has 1 aromatic carbocycles. The van der Waals surface area contributed by atoms with Crippen LogP contribution in [-0.2, 0) is 4.74 Å². The molecule has 1 atom stereocenters. The molecule has 5 nitrogen and oxygen atoms in total. The zero-order valence-corrected chi connectivity index (χ0v) is 11.5. The lowest BCUT2D eigenvalue weighted by Crippen LogP contribution is -2.05. The van der Waals surface area contributed by atoms with Gasteiger partial charge in [0.15, 0.2) is 5.13 Å². The number of aromatic nitrogens is 1. The first-order chi connectivity index (χ1) is 9.10. The van der Waals surface area contributed by atoms with Crippen LogP contribution in [-0.4, -0.2) is 18.1 Å². The first kappa shape index (κ1) is 13.5. The number of benzene rings is 1. The molecule has 100 valence electrons. The fraction of sp³-hybridized carbons (Fsp3) is 0.231. The maximum Gasteiger partial charge on any atom is 0.337 e. The van der Waals surface area contributed by atoms with Crippen LogP contribution in [0.3, 0.4) is 0 Å². The Balaban J connectivity index is 2.16. The van der Waals surface area contributed by atoms with Crippen molar-refractivity contribution in [3.8, 4) is 0 Å². The number of nitrogens with zero attached hydrogens (tertiary/aromatic N) is 1. The fourth-order valence-corrected chi connectivity index (χ4v) is 2.35. The predicted molar refractivity (Wildman–Crippen MR) is 75.8 cm³/mol. The number of hydrogen-bond donors (Lipinski definition) is 2. The molecular formula is C13H15N3O2S. The second-order valence-electron chi connectivity index (χ2n) is 4.06. The van der Waals surface area contributed by atoms with Crippen LogP contribution in [0.1, 0.15) is 29.0 Å². The monoisotopic (exact) mass is 277 g/mol. The third-order valence-electron chi connectivity index (χ3n) is 2.52. The molecule has 3 N–H and O–H groups in total. The number of hydrogen-bond acceptors (Lipinski definition) is 6. The number of methoxy groups -OCH3 is 1. The van der Waals surface area contributed by atoms with Gasteiger partial charge in [-0.05, 0) is 25.1 Å². The maximum absolute atomic E-state index is 11.4. The molecule has 0 amide bonds. The van der Waals surface area contributed by atoms with Gasteiger partial charge in [0.1, 0.15) is 0 Å². The van der Waals surface area contributed by atoms with Gasteiger partial charge in [-0.15, -0.1) is 11.3 Å². The highest BCUT2D eigenvalue weighted by Crippen LogP contribution is 2.23. The van der Waals surface area contributed by atoms with Gasteiger partial charge in [0.2, 0.25) is 0 Å². The van der Waals surface area contributed by atoms with Crippen LogP contribution < -0.4 is 11.1 Å². The average molecular weight is 277 g/mol. The zero-order chi connectivity index (χ0) is 13.8. The van der Waals surface area contributed by atoms with Crippen LogP contribution in [0.25, 0.3) is 0 Å². The molecule has 0 radical (unpaired) electrons. The highest BCUT2D eigenvalue weighted by atomic mass is 32.1. The third kappa shape index (κ3) is 3.30. The fourth-order valence-electron chi connectivity index (χ4n) is 1.52. The molecule has 0 aliphatic heterocycles. The number of carbonyl (C=O) groups is 1. The van der Waals surface area contributed by atoms with Crippen molar-refractivity contribution in [1.82, 2.24) is 4.98 Å². The van der Waals surface area contributed by atoms with Gasteiger partial charge in [0, 0.05) is 17.1 Å². The molecule has 1 aromatic heterocycles. The highest BCUT2D eigenvalue weighted by molar-refractivity contribution is 7.13. The second kappa shape index (κ2) is 5.81. The lowest BCUT2D eigenvalue weighted by molar-refractivity contribution is 0.0601. The summed E-state index contributed by atoms with van der Waals surface area (Å²) in [5.74, 6) is -0.362. The first-order valence-corrected chi connectivity index (χ1v) is 6.64. The van der Waals surface area contributed by atoms with E-state index in [9.17, 15) is 4.79 Å². The Kier molecular flexibility index (Phi) is 4.13. The molecule has 1 heterocycles. The Morgan fingerprint density at radius 2 is 2.32 bits per heavy atom. The summed E-state index contributed by atoms with van der Waals surface area (Å²) in [4.78, 5) is 15.8. The molecule has 2 rings (SSSR count). The normalized spacial score (nSPS) is 11.9. The van der Waals surface area contributed by atoms with Crippen LogP contribution in [0.4, 0.5) is 10.8 Å². The molecule has 19 heavy (non-hydrogen) atoms. The summed E-state index contributed by atoms with van der Waals surface area (Å²) >= 11 is 1.47. The number of nitrogens with two attached hydrogens (primary N) is 1. The summed E-state index contributed by atoms with van der Waals surface area (Å²) < 4.78 is 4.68. The lowest BCUT2D eigenvalue weighted by Gasteiger charge is -2.05. The molecule has 0 aliphatic rings. The van der Waals surface area contributed by atoms with E-state index in [1.165, 1.54) is 18.4 Å². The van der Waals surface area contributed by atoms with Crippen molar-refractivity contribution in [3.05, 3.63) is 40.9 Å². The van der Waals surface area contributed by atoms with Gasteiger partial charge in [-0.2, -0.15) is 0 Å². The Labute approximate surface area is 115 Å². The smallest absolute Gasteiger partial charge is 0.337 e. The minimum absolute atomic E-state index is 0.0896. The van der Waals surface area contributed by atoms with Gasteiger partial charge in [0.25, 0.3) is 0 Å². The van der Waals surface area contributed by atoms with Crippen LogP contribution in [0.2, 0.25) is 0 Å². The largest absolute Gasteiger partial charge is 0.465 e. The van der Waals surface area contributed by atoms with Crippen molar-refractivity contribution < 1.29 is 9.53 Å². The van der Waals surface area contributed by atoms with E-state index in [2.05, 4.69) is 15.0 Å². The lowest BCUT2D eigenvalue weighted by atomic mass is 10.2. The van der Waals surface area contributed by atoms with E-state index >= 15 is 0 Å². The van der Waals surface area contributed by atoms with E-state index in [4.69, 9.17) is 5.73 Å². The van der Waals surface area contributed by atoms with Crippen molar-refractivity contribution in [3.63, 3.8) is 0 Å². The summed E-state index contributed by atoms with van der Waals surface area (Å²) in [6, 6.07) is 6.98. The summed E-state index contributed by atoms with van der Waals surface area (Å²) in [5, 5.41) is 5.80. The Hall–Kier alpha value is -1.92. The van der Waals surface area contributed by atoms with E-state index in [-0.39, 0.29) is 12.0 Å². The molecule has 2 aromatic rings. The number of carbonyl (C=O) groups excluding carboxylic acids is 1. The minimum Gasteiger partial charge on any atom is -0.465 e. The summed E-state index contributed by atoms with van der Waals surface area (Å²) in [6.07, 6.45) is 0. The Bertz CT molecular complexity index is 581. The standard InChI is InChI=1S/C13H15N3O2S/c1-8(14)11-7-19-13(16-11)15-10-5-3-4-9(6-10)12(17)18-2/h3-8H,14H2,1-2H3,(H,15,16). The van der Waals surface area contributed by atoms with Gasteiger partial charge in [-0.3, -0.25) is 0 Å². The van der Waals surface area contributed by atoms with Crippen molar-refractivity contribution in [2.45, 2.75) is 13.0 Å². The van der Waals surface area contributed by atoms with Gasteiger partial charge < -0.3 is 15.8 Å². The van der Waals surface area contributed by atoms with Gasteiger partial charge >= 0.3 is 5.97 Å². The molecule has 1 unspecified atom stereocenters. The van der Waals surface area contributed by atoms with Gasteiger partial charge in [-0.25, -0.2) is 9.78 Å². The summed E-state index contributed by atoms with van der Waals surface area (Å²) in [5.41, 5.74) is 7.88. The van der Waals surface area contributed by atoms with Crippen LogP contribution >= 0.6 is 11.3 Å². The minimum atomic E-state index is -0.362. The summed E-state index contributed by atoms with van der Waals surface area (Å²) in [7, 11) is 1.36. The number of ether oxygens (including phenoxy) is 1. The van der Waals surface area contributed by atoms with Crippen LogP contribution in [0.15, 0.2) is 29.6 Å². The van der Waals surface area contributed by atoms with E-state index in [1.807, 2.05) is 18.4 Å².